The first-order chi connectivity index (χ1) is 8.79. The first-order valence-corrected chi connectivity index (χ1v) is 5.83. The van der Waals surface area contributed by atoms with Crippen molar-refractivity contribution in [2.75, 3.05) is 26.2 Å². The summed E-state index contributed by atoms with van der Waals surface area (Å²) in [5.41, 5.74) is 0.957. The molecular formula is C12H15N3O3. The van der Waals surface area contributed by atoms with Crippen molar-refractivity contribution >= 4 is 6.09 Å². The van der Waals surface area contributed by atoms with Gasteiger partial charge in [0.1, 0.15) is 6.61 Å². The molecule has 1 aromatic carbocycles. The highest BCUT2D eigenvalue weighted by molar-refractivity contribution is 5.67. The van der Waals surface area contributed by atoms with Crippen LogP contribution in [0.3, 0.4) is 0 Å². The molecule has 1 saturated heterocycles. The molecule has 1 aromatic rings. The summed E-state index contributed by atoms with van der Waals surface area (Å²) in [6, 6.07) is 9.52. The number of hydrogen-bond donors (Lipinski definition) is 0. The normalized spacial score (nSPS) is 15.3. The second-order valence-corrected chi connectivity index (χ2v) is 4.06. The lowest BCUT2D eigenvalue weighted by Crippen LogP contribution is -2.46. The second kappa shape index (κ2) is 6.00. The number of ether oxygens (including phenoxy) is 1. The minimum Gasteiger partial charge on any atom is -0.445 e. The highest BCUT2D eigenvalue weighted by atomic mass is 16.6. The zero-order valence-electron chi connectivity index (χ0n) is 9.99. The third-order valence-corrected chi connectivity index (χ3v) is 2.83. The highest BCUT2D eigenvalue weighted by Crippen LogP contribution is 2.06. The molecule has 1 aliphatic heterocycles. The predicted octanol–water partition coefficient (Wildman–Crippen LogP) is 1.62. The van der Waals surface area contributed by atoms with Gasteiger partial charge in [0.05, 0.1) is 18.4 Å². The fourth-order valence-electron chi connectivity index (χ4n) is 1.77. The number of carbonyl (C=O) groups excluding carboxylic acids is 1. The van der Waals surface area contributed by atoms with Gasteiger partial charge in [0.15, 0.2) is 0 Å². The summed E-state index contributed by atoms with van der Waals surface area (Å²) in [4.78, 5) is 23.6. The number of amides is 1. The molecule has 1 aliphatic rings. The molecule has 0 radical (unpaired) electrons. The number of piperazine rings is 1. The summed E-state index contributed by atoms with van der Waals surface area (Å²) in [5, 5.41) is 4.24. The monoisotopic (exact) mass is 249 g/mol. The van der Waals surface area contributed by atoms with E-state index in [-0.39, 0.29) is 12.7 Å². The Morgan fingerprint density at radius 2 is 1.83 bits per heavy atom. The van der Waals surface area contributed by atoms with Gasteiger partial charge in [-0.25, -0.2) is 4.79 Å². The molecule has 1 heterocycles. The van der Waals surface area contributed by atoms with Crippen LogP contribution in [0.25, 0.3) is 0 Å². The van der Waals surface area contributed by atoms with Gasteiger partial charge in [0.25, 0.3) is 0 Å². The SMILES string of the molecule is O=NN1CCN(C(=O)OCc2ccccc2)CC1. The average Bonchev–Trinajstić information content (AvgIpc) is 2.46. The molecule has 2 rings (SSSR count). The van der Waals surface area contributed by atoms with Crippen LogP contribution >= 0.6 is 0 Å². The van der Waals surface area contributed by atoms with E-state index in [1.165, 1.54) is 5.01 Å². The summed E-state index contributed by atoms with van der Waals surface area (Å²) < 4.78 is 5.20. The van der Waals surface area contributed by atoms with Crippen molar-refractivity contribution in [3.05, 3.63) is 40.8 Å². The molecule has 0 spiro atoms. The van der Waals surface area contributed by atoms with Crippen LogP contribution in [0.15, 0.2) is 35.6 Å². The zero-order valence-corrected chi connectivity index (χ0v) is 9.99. The Balaban J connectivity index is 1.77. The number of rotatable bonds is 3. The fraction of sp³-hybridized carbons (Fsp3) is 0.417. The lowest BCUT2D eigenvalue weighted by molar-refractivity contribution is 0.0720. The van der Waals surface area contributed by atoms with E-state index in [0.29, 0.717) is 26.2 Å². The summed E-state index contributed by atoms with van der Waals surface area (Å²) in [7, 11) is 0. The van der Waals surface area contributed by atoms with Crippen molar-refractivity contribution in [1.29, 1.82) is 0 Å². The molecule has 0 aliphatic carbocycles. The van der Waals surface area contributed by atoms with Crippen LogP contribution in [0.5, 0.6) is 0 Å². The van der Waals surface area contributed by atoms with E-state index in [0.717, 1.165) is 5.56 Å². The van der Waals surface area contributed by atoms with Crippen LogP contribution in [-0.2, 0) is 11.3 Å². The molecule has 0 atom stereocenters. The molecular weight excluding hydrogens is 234 g/mol. The molecule has 1 fully saturated rings. The topological polar surface area (TPSA) is 62.2 Å². The van der Waals surface area contributed by atoms with Gasteiger partial charge in [0.2, 0.25) is 0 Å². The Morgan fingerprint density at radius 1 is 1.17 bits per heavy atom. The molecule has 0 aromatic heterocycles. The summed E-state index contributed by atoms with van der Waals surface area (Å²) in [6.45, 7) is 2.14. The molecule has 0 N–H and O–H groups in total. The molecule has 6 nitrogen and oxygen atoms in total. The van der Waals surface area contributed by atoms with Crippen molar-refractivity contribution in [1.82, 2.24) is 9.91 Å². The number of benzene rings is 1. The van der Waals surface area contributed by atoms with Crippen LogP contribution in [0, 0.1) is 4.91 Å². The van der Waals surface area contributed by atoms with Crippen molar-refractivity contribution in [2.24, 2.45) is 5.29 Å². The zero-order chi connectivity index (χ0) is 12.8. The molecule has 96 valence electrons. The van der Waals surface area contributed by atoms with Gasteiger partial charge in [-0.3, -0.25) is 5.01 Å². The Bertz CT molecular complexity index is 402. The number of hydrogen-bond acceptors (Lipinski definition) is 4. The van der Waals surface area contributed by atoms with Gasteiger partial charge >= 0.3 is 6.09 Å². The maximum Gasteiger partial charge on any atom is 0.410 e. The summed E-state index contributed by atoms with van der Waals surface area (Å²) >= 11 is 0. The maximum absolute atomic E-state index is 11.7. The lowest BCUT2D eigenvalue weighted by Gasteiger charge is -2.30. The van der Waals surface area contributed by atoms with Crippen molar-refractivity contribution in [3.63, 3.8) is 0 Å². The van der Waals surface area contributed by atoms with Crippen molar-refractivity contribution in [3.8, 4) is 0 Å². The molecule has 1 amide bonds. The number of nitroso groups, excluding NO2 is 1. The van der Waals surface area contributed by atoms with E-state index >= 15 is 0 Å². The standard InChI is InChI=1S/C12H15N3O3/c16-12(14-6-8-15(13-17)9-7-14)18-10-11-4-2-1-3-5-11/h1-5H,6-10H2. The van der Waals surface area contributed by atoms with Crippen LogP contribution in [0.4, 0.5) is 4.79 Å². The van der Waals surface area contributed by atoms with Gasteiger partial charge in [-0.2, -0.15) is 0 Å². The number of carbonyl (C=O) groups is 1. The lowest BCUT2D eigenvalue weighted by atomic mass is 10.2. The predicted molar refractivity (Wildman–Crippen MR) is 65.6 cm³/mol. The van der Waals surface area contributed by atoms with Gasteiger partial charge in [-0.05, 0) is 5.56 Å². The van der Waals surface area contributed by atoms with E-state index in [1.54, 1.807) is 4.90 Å². The van der Waals surface area contributed by atoms with Crippen LogP contribution < -0.4 is 0 Å². The second-order valence-electron chi connectivity index (χ2n) is 4.06. The van der Waals surface area contributed by atoms with Crippen LogP contribution in [0.2, 0.25) is 0 Å². The van der Waals surface area contributed by atoms with Crippen molar-refractivity contribution in [2.45, 2.75) is 6.61 Å². The Kier molecular flexibility index (Phi) is 4.11. The Labute approximate surface area is 105 Å². The van der Waals surface area contributed by atoms with E-state index < -0.39 is 0 Å². The van der Waals surface area contributed by atoms with Gasteiger partial charge in [-0.1, -0.05) is 30.3 Å². The molecule has 6 heteroatoms. The summed E-state index contributed by atoms with van der Waals surface area (Å²) in [6.07, 6.45) is -0.343. The van der Waals surface area contributed by atoms with E-state index in [4.69, 9.17) is 4.74 Å². The third kappa shape index (κ3) is 3.19. The highest BCUT2D eigenvalue weighted by Gasteiger charge is 2.21. The van der Waals surface area contributed by atoms with Gasteiger partial charge in [-0.15, -0.1) is 4.91 Å². The Hall–Kier alpha value is -2.11. The quantitative estimate of drug-likeness (QED) is 0.764. The van der Waals surface area contributed by atoms with Crippen molar-refractivity contribution < 1.29 is 9.53 Å². The first-order valence-electron chi connectivity index (χ1n) is 5.83. The summed E-state index contributed by atoms with van der Waals surface area (Å²) in [5.74, 6) is 0. The molecule has 0 unspecified atom stereocenters. The number of nitrogens with zero attached hydrogens (tertiary/aromatic N) is 3. The van der Waals surface area contributed by atoms with E-state index in [2.05, 4.69) is 5.29 Å². The van der Waals surface area contributed by atoms with E-state index in [9.17, 15) is 9.70 Å². The van der Waals surface area contributed by atoms with Crippen LogP contribution in [0.1, 0.15) is 5.56 Å². The largest absolute Gasteiger partial charge is 0.445 e. The molecule has 0 bridgehead atoms. The minimum atomic E-state index is -0.343. The van der Waals surface area contributed by atoms with Gasteiger partial charge < -0.3 is 9.64 Å². The van der Waals surface area contributed by atoms with Gasteiger partial charge in [0, 0.05) is 13.1 Å². The minimum absolute atomic E-state index is 0.270. The third-order valence-electron chi connectivity index (χ3n) is 2.83. The molecule has 18 heavy (non-hydrogen) atoms. The van der Waals surface area contributed by atoms with E-state index in [1.807, 2.05) is 30.3 Å². The average molecular weight is 249 g/mol. The molecule has 0 saturated carbocycles. The first kappa shape index (κ1) is 12.3. The maximum atomic E-state index is 11.7. The Morgan fingerprint density at radius 3 is 2.44 bits per heavy atom. The fourth-order valence-corrected chi connectivity index (χ4v) is 1.77. The smallest absolute Gasteiger partial charge is 0.410 e. The van der Waals surface area contributed by atoms with Crippen LogP contribution in [-0.4, -0.2) is 42.2 Å².